The number of likely N-dealkylation sites (tertiary alicyclic amines) is 1. The van der Waals surface area contributed by atoms with Gasteiger partial charge in [-0.3, -0.25) is 14.5 Å². The van der Waals surface area contributed by atoms with Crippen LogP contribution in [0.15, 0.2) is 30.3 Å². The number of nitrogens with one attached hydrogen (secondary N) is 1. The zero-order valence-electron chi connectivity index (χ0n) is 21.8. The molecule has 1 aromatic carbocycles. The average Bonchev–Trinajstić information content (AvgIpc) is 2.91. The Morgan fingerprint density at radius 3 is 2.21 bits per heavy atom. The van der Waals surface area contributed by atoms with Crippen LogP contribution >= 0.6 is 0 Å². The Balaban J connectivity index is 1.87. The molecule has 8 heteroatoms. The number of rotatable bonds is 5. The summed E-state index contributed by atoms with van der Waals surface area (Å²) in [5.74, 6) is -1.54. The molecular weight excluding hydrogens is 448 g/mol. The second-order valence-corrected chi connectivity index (χ2v) is 16.9. The first-order valence-electron chi connectivity index (χ1n) is 12.2. The first-order valence-corrected chi connectivity index (χ1v) is 15.1. The molecule has 34 heavy (non-hydrogen) atoms. The van der Waals surface area contributed by atoms with Gasteiger partial charge in [0, 0.05) is 12.1 Å². The van der Waals surface area contributed by atoms with E-state index in [4.69, 9.17) is 9.16 Å². The van der Waals surface area contributed by atoms with Crippen LogP contribution in [0.1, 0.15) is 59.9 Å². The highest BCUT2D eigenvalue weighted by Gasteiger charge is 2.56. The van der Waals surface area contributed by atoms with Gasteiger partial charge in [-0.15, -0.1) is 0 Å². The number of hydrogen-bond donors (Lipinski definition) is 1. The van der Waals surface area contributed by atoms with Crippen LogP contribution < -0.4 is 5.32 Å². The van der Waals surface area contributed by atoms with Crippen LogP contribution in [0.5, 0.6) is 0 Å². The summed E-state index contributed by atoms with van der Waals surface area (Å²) in [4.78, 5) is 40.9. The highest BCUT2D eigenvalue weighted by molar-refractivity contribution is 6.74. The largest absolute Gasteiger partial charge is 0.444 e. The molecule has 3 amide bonds. The average molecular weight is 489 g/mol. The molecule has 1 aliphatic heterocycles. The number of amides is 3. The number of hydrogen-bond acceptors (Lipinski definition) is 5. The van der Waals surface area contributed by atoms with Crippen molar-refractivity contribution in [3.05, 3.63) is 35.9 Å². The Morgan fingerprint density at radius 1 is 1.03 bits per heavy atom. The predicted octanol–water partition coefficient (Wildman–Crippen LogP) is 4.87. The Hall–Kier alpha value is -2.19. The van der Waals surface area contributed by atoms with Gasteiger partial charge in [0.2, 0.25) is 11.8 Å². The maximum absolute atomic E-state index is 13.5. The minimum Gasteiger partial charge on any atom is -0.444 e. The monoisotopic (exact) mass is 488 g/mol. The number of alkyl carbamates (subject to hydrolysis) is 1. The minimum atomic E-state index is -2.11. The molecule has 2 aliphatic rings. The van der Waals surface area contributed by atoms with E-state index < -0.39 is 37.9 Å². The first kappa shape index (κ1) is 26.4. The van der Waals surface area contributed by atoms with Crippen molar-refractivity contribution in [3.8, 4) is 0 Å². The predicted molar refractivity (Wildman–Crippen MR) is 133 cm³/mol. The SMILES string of the molecule is CC(C)(C)OC(=O)N[C@@H]1CC(O[Si](C)(C)C(C)(C)C)C[C@@H]2C(=O)N(Cc3ccccc3)C(=O)[C@@H]21. The van der Waals surface area contributed by atoms with E-state index >= 15 is 0 Å². The molecule has 1 N–H and O–H groups in total. The maximum atomic E-state index is 13.5. The maximum Gasteiger partial charge on any atom is 0.407 e. The van der Waals surface area contributed by atoms with Crippen LogP contribution in [-0.2, 0) is 25.3 Å². The smallest absolute Gasteiger partial charge is 0.407 e. The number of carbonyl (C=O) groups is 3. The van der Waals surface area contributed by atoms with E-state index in [1.807, 2.05) is 30.3 Å². The van der Waals surface area contributed by atoms with Gasteiger partial charge in [-0.1, -0.05) is 51.1 Å². The van der Waals surface area contributed by atoms with Crippen molar-refractivity contribution in [2.75, 3.05) is 0 Å². The normalized spacial score (nSPS) is 25.8. The first-order chi connectivity index (χ1) is 15.6. The van der Waals surface area contributed by atoms with Crippen LogP contribution in [-0.4, -0.2) is 48.9 Å². The molecule has 7 nitrogen and oxygen atoms in total. The lowest BCUT2D eigenvalue weighted by Gasteiger charge is -2.43. The standard InChI is InChI=1S/C26H40N2O5Si/c1-25(2,3)32-24(31)27-20-15-18(33-34(7,8)26(4,5)6)14-19-21(20)23(30)28(22(19)29)16-17-12-10-9-11-13-17/h9-13,18-21H,14-16H2,1-8H3,(H,27,31)/t18?,19-,20+,21-/m0/s1. The van der Waals surface area contributed by atoms with Crippen LogP contribution in [0.4, 0.5) is 4.79 Å². The van der Waals surface area contributed by atoms with Crippen molar-refractivity contribution in [2.24, 2.45) is 11.8 Å². The van der Waals surface area contributed by atoms with Gasteiger partial charge in [-0.25, -0.2) is 4.79 Å². The van der Waals surface area contributed by atoms with Crippen LogP contribution in [0.3, 0.4) is 0 Å². The summed E-state index contributed by atoms with van der Waals surface area (Å²) in [7, 11) is -2.11. The summed E-state index contributed by atoms with van der Waals surface area (Å²) in [6.07, 6.45) is 0.173. The fourth-order valence-corrected chi connectivity index (χ4v) is 5.92. The highest BCUT2D eigenvalue weighted by Crippen LogP contribution is 2.44. The summed E-state index contributed by atoms with van der Waals surface area (Å²) in [6.45, 7) is 16.5. The summed E-state index contributed by atoms with van der Waals surface area (Å²) < 4.78 is 12.1. The molecule has 1 heterocycles. The van der Waals surface area contributed by atoms with Gasteiger partial charge < -0.3 is 14.5 Å². The molecule has 188 valence electrons. The van der Waals surface area contributed by atoms with Gasteiger partial charge in [0.05, 0.1) is 18.4 Å². The van der Waals surface area contributed by atoms with E-state index in [0.717, 1.165) is 5.56 Å². The molecule has 3 rings (SSSR count). The van der Waals surface area contributed by atoms with Crippen molar-refractivity contribution >= 4 is 26.2 Å². The number of fused-ring (bicyclic) bond motifs is 1. The zero-order valence-corrected chi connectivity index (χ0v) is 22.8. The summed E-state index contributed by atoms with van der Waals surface area (Å²) in [5.41, 5.74) is 0.234. The molecule has 1 unspecified atom stereocenters. The third-order valence-corrected chi connectivity index (χ3v) is 11.7. The Kier molecular flexibility index (Phi) is 7.34. The molecule has 0 bridgehead atoms. The molecule has 2 fully saturated rings. The van der Waals surface area contributed by atoms with E-state index in [1.54, 1.807) is 20.8 Å². The van der Waals surface area contributed by atoms with Crippen LogP contribution in [0.25, 0.3) is 0 Å². The summed E-state index contributed by atoms with van der Waals surface area (Å²) >= 11 is 0. The molecular formula is C26H40N2O5Si. The molecule has 4 atom stereocenters. The number of nitrogens with zero attached hydrogens (tertiary/aromatic N) is 1. The van der Waals surface area contributed by atoms with Crippen molar-refractivity contribution in [3.63, 3.8) is 0 Å². The van der Waals surface area contributed by atoms with E-state index in [-0.39, 0.29) is 29.5 Å². The van der Waals surface area contributed by atoms with Crippen molar-refractivity contribution in [1.82, 2.24) is 10.2 Å². The van der Waals surface area contributed by atoms with Crippen molar-refractivity contribution in [1.29, 1.82) is 0 Å². The van der Waals surface area contributed by atoms with Gasteiger partial charge >= 0.3 is 6.09 Å². The van der Waals surface area contributed by atoms with Crippen molar-refractivity contribution < 1.29 is 23.5 Å². The van der Waals surface area contributed by atoms with Gasteiger partial charge in [0.25, 0.3) is 0 Å². The topological polar surface area (TPSA) is 84.9 Å². The Morgan fingerprint density at radius 2 is 1.65 bits per heavy atom. The van der Waals surface area contributed by atoms with Gasteiger partial charge in [0.15, 0.2) is 8.32 Å². The van der Waals surface area contributed by atoms with Crippen molar-refractivity contribution in [2.45, 2.75) is 96.8 Å². The Labute approximate surface area is 204 Å². The summed E-state index contributed by atoms with van der Waals surface area (Å²) in [6, 6.07) is 8.97. The number of benzene rings is 1. The van der Waals surface area contributed by atoms with Crippen LogP contribution in [0.2, 0.25) is 18.1 Å². The minimum absolute atomic E-state index is 0.00673. The lowest BCUT2D eigenvalue weighted by Crippen LogP contribution is -2.54. The van der Waals surface area contributed by atoms with E-state index in [9.17, 15) is 14.4 Å². The van der Waals surface area contributed by atoms with Gasteiger partial charge in [-0.05, 0) is 57.3 Å². The quantitative estimate of drug-likeness (QED) is 0.472. The zero-order chi connectivity index (χ0) is 25.5. The number of ether oxygens (including phenoxy) is 1. The number of carbonyl (C=O) groups excluding carboxylic acids is 3. The third-order valence-electron chi connectivity index (χ3n) is 7.19. The molecule has 1 aromatic rings. The molecule has 1 saturated carbocycles. The highest BCUT2D eigenvalue weighted by atomic mass is 28.4. The Bertz CT molecular complexity index is 919. The van der Waals surface area contributed by atoms with E-state index in [2.05, 4.69) is 39.2 Å². The lowest BCUT2D eigenvalue weighted by molar-refractivity contribution is -0.140. The third kappa shape index (κ3) is 5.89. The fraction of sp³-hybridized carbons (Fsp3) is 0.654. The molecule has 0 spiro atoms. The molecule has 1 aliphatic carbocycles. The number of imide groups is 1. The molecule has 1 saturated heterocycles. The van der Waals surface area contributed by atoms with Crippen LogP contribution in [0, 0.1) is 11.8 Å². The lowest BCUT2D eigenvalue weighted by atomic mass is 9.76. The van der Waals surface area contributed by atoms with E-state index in [0.29, 0.717) is 12.8 Å². The molecule has 0 aromatic heterocycles. The molecule has 0 radical (unpaired) electrons. The van der Waals surface area contributed by atoms with E-state index in [1.165, 1.54) is 4.90 Å². The second kappa shape index (κ2) is 9.45. The second-order valence-electron chi connectivity index (χ2n) is 12.1. The fourth-order valence-electron chi connectivity index (χ4n) is 4.54. The van der Waals surface area contributed by atoms with Gasteiger partial charge in [0.1, 0.15) is 5.60 Å². The summed E-state index contributed by atoms with van der Waals surface area (Å²) in [5, 5.41) is 2.92. The van der Waals surface area contributed by atoms with Gasteiger partial charge in [-0.2, -0.15) is 0 Å².